The molecule has 2 nitrogen and oxygen atoms in total. The van der Waals surface area contributed by atoms with E-state index in [1.54, 1.807) is 7.11 Å². The molecule has 0 bridgehead atoms. The zero-order chi connectivity index (χ0) is 23.0. The third-order valence-corrected chi connectivity index (χ3v) is 6.59. The minimum absolute atomic E-state index is 0.673. The van der Waals surface area contributed by atoms with Gasteiger partial charge in [0.1, 0.15) is 11.5 Å². The van der Waals surface area contributed by atoms with Gasteiger partial charge in [0, 0.05) is 16.7 Å². The van der Waals surface area contributed by atoms with Crippen molar-refractivity contribution in [3.8, 4) is 22.6 Å². The van der Waals surface area contributed by atoms with Gasteiger partial charge < -0.3 is 9.47 Å². The Bertz CT molecular complexity index is 1460. The van der Waals surface area contributed by atoms with Gasteiger partial charge in [0.05, 0.1) is 7.11 Å². The first-order chi connectivity index (χ1) is 16.8. The van der Waals surface area contributed by atoms with Crippen LogP contribution in [-0.2, 0) is 5.60 Å². The van der Waals surface area contributed by atoms with E-state index in [1.165, 1.54) is 5.39 Å². The van der Waals surface area contributed by atoms with Gasteiger partial charge in [0.15, 0.2) is 5.60 Å². The van der Waals surface area contributed by atoms with Crippen molar-refractivity contribution in [3.05, 3.63) is 138 Å². The Morgan fingerprint density at radius 3 is 2.03 bits per heavy atom. The molecule has 5 aromatic rings. The molecule has 164 valence electrons. The number of fused-ring (bicyclic) bond motifs is 2. The van der Waals surface area contributed by atoms with E-state index in [-0.39, 0.29) is 0 Å². The first-order valence-electron chi connectivity index (χ1n) is 11.5. The molecule has 1 heterocycles. The van der Waals surface area contributed by atoms with E-state index in [0.717, 1.165) is 44.7 Å². The fraction of sp³-hybridized carbons (Fsp3) is 0.0625. The molecule has 6 rings (SSSR count). The minimum atomic E-state index is -0.673. The average molecular weight is 441 g/mol. The lowest BCUT2D eigenvalue weighted by atomic mass is 9.83. The Morgan fingerprint density at radius 1 is 0.647 bits per heavy atom. The molecule has 0 amide bonds. The van der Waals surface area contributed by atoms with Crippen LogP contribution in [0.4, 0.5) is 0 Å². The van der Waals surface area contributed by atoms with Gasteiger partial charge in [0.25, 0.3) is 0 Å². The zero-order valence-corrected chi connectivity index (χ0v) is 18.9. The Kier molecular flexibility index (Phi) is 4.92. The van der Waals surface area contributed by atoms with Gasteiger partial charge in [-0.3, -0.25) is 0 Å². The molecule has 0 unspecified atom stereocenters. The second-order valence-electron chi connectivity index (χ2n) is 8.55. The number of methoxy groups -OCH3 is 1. The summed E-state index contributed by atoms with van der Waals surface area (Å²) < 4.78 is 12.2. The summed E-state index contributed by atoms with van der Waals surface area (Å²) in [5.74, 6) is 1.74. The maximum absolute atomic E-state index is 6.87. The fourth-order valence-corrected chi connectivity index (χ4v) is 4.83. The maximum Gasteiger partial charge on any atom is 0.178 e. The molecule has 34 heavy (non-hydrogen) atoms. The number of hydrogen-bond acceptors (Lipinski definition) is 2. The Labute approximate surface area is 199 Å². The zero-order valence-electron chi connectivity index (χ0n) is 18.9. The van der Waals surface area contributed by atoms with Crippen molar-refractivity contribution < 1.29 is 9.47 Å². The molecule has 1 aliphatic heterocycles. The lowest BCUT2D eigenvalue weighted by molar-refractivity contribution is 0.161. The monoisotopic (exact) mass is 440 g/mol. The summed E-state index contributed by atoms with van der Waals surface area (Å²) in [6.07, 6.45) is 4.40. The molecule has 0 aliphatic carbocycles. The van der Waals surface area contributed by atoms with Crippen LogP contribution >= 0.6 is 0 Å². The Hall–Kier alpha value is -4.30. The predicted molar refractivity (Wildman–Crippen MR) is 139 cm³/mol. The van der Waals surface area contributed by atoms with E-state index < -0.39 is 5.60 Å². The standard InChI is InChI=1S/C32H24O2/c1-33-28-18-17-23-21-25(16-15-24(23)22-28)29-13-8-14-31-30(29)19-20-32(34-31,26-9-4-2-5-10-26)27-11-6-3-7-12-27/h2-22H,1H3. The molecule has 0 spiro atoms. The maximum atomic E-state index is 6.87. The summed E-state index contributed by atoms with van der Waals surface area (Å²) >= 11 is 0. The average Bonchev–Trinajstić information content (AvgIpc) is 2.92. The van der Waals surface area contributed by atoms with Gasteiger partial charge >= 0.3 is 0 Å². The molecular formula is C32H24O2. The smallest absolute Gasteiger partial charge is 0.178 e. The van der Waals surface area contributed by atoms with Crippen molar-refractivity contribution in [1.82, 2.24) is 0 Å². The quantitative estimate of drug-likeness (QED) is 0.283. The van der Waals surface area contributed by atoms with Crippen molar-refractivity contribution in [1.29, 1.82) is 0 Å². The molecule has 1 aliphatic rings. The van der Waals surface area contributed by atoms with Gasteiger partial charge in [-0.25, -0.2) is 0 Å². The highest BCUT2D eigenvalue weighted by Crippen LogP contribution is 2.45. The van der Waals surface area contributed by atoms with Crippen molar-refractivity contribution in [3.63, 3.8) is 0 Å². The molecular weight excluding hydrogens is 416 g/mol. The van der Waals surface area contributed by atoms with Crippen molar-refractivity contribution in [2.75, 3.05) is 7.11 Å². The van der Waals surface area contributed by atoms with Crippen molar-refractivity contribution in [2.45, 2.75) is 5.60 Å². The molecule has 2 heteroatoms. The van der Waals surface area contributed by atoms with Gasteiger partial charge in [-0.1, -0.05) is 91.0 Å². The summed E-state index contributed by atoms with van der Waals surface area (Å²) in [5.41, 5.74) is 4.95. The largest absolute Gasteiger partial charge is 0.497 e. The summed E-state index contributed by atoms with van der Waals surface area (Å²) in [6.45, 7) is 0. The van der Waals surface area contributed by atoms with Gasteiger partial charge in [0.2, 0.25) is 0 Å². The number of hydrogen-bond donors (Lipinski definition) is 0. The molecule has 0 fully saturated rings. The topological polar surface area (TPSA) is 18.5 Å². The highest BCUT2D eigenvalue weighted by atomic mass is 16.5. The molecule has 5 aromatic carbocycles. The summed E-state index contributed by atoms with van der Waals surface area (Å²) in [6, 6.07) is 39.9. The summed E-state index contributed by atoms with van der Waals surface area (Å²) in [5, 5.41) is 2.34. The number of ether oxygens (including phenoxy) is 2. The van der Waals surface area contributed by atoms with E-state index in [2.05, 4.69) is 109 Å². The Balaban J connectivity index is 1.48. The van der Waals surface area contributed by atoms with Crippen LogP contribution in [0, 0.1) is 0 Å². The highest BCUT2D eigenvalue weighted by molar-refractivity contribution is 5.90. The second kappa shape index (κ2) is 8.24. The van der Waals surface area contributed by atoms with Gasteiger partial charge in [-0.05, 0) is 58.3 Å². The van der Waals surface area contributed by atoms with E-state index in [9.17, 15) is 0 Å². The van der Waals surface area contributed by atoms with Crippen LogP contribution in [0.2, 0.25) is 0 Å². The summed E-state index contributed by atoms with van der Waals surface area (Å²) in [4.78, 5) is 0. The molecule has 0 aromatic heterocycles. The first-order valence-corrected chi connectivity index (χ1v) is 11.5. The molecule has 0 N–H and O–H groups in total. The van der Waals surface area contributed by atoms with Crippen LogP contribution < -0.4 is 9.47 Å². The first kappa shape index (κ1) is 20.3. The third-order valence-electron chi connectivity index (χ3n) is 6.59. The van der Waals surface area contributed by atoms with Crippen molar-refractivity contribution in [2.24, 2.45) is 0 Å². The third kappa shape index (κ3) is 3.36. The van der Waals surface area contributed by atoms with E-state index in [0.29, 0.717) is 0 Å². The van der Waals surface area contributed by atoms with Crippen molar-refractivity contribution >= 4 is 16.8 Å². The highest BCUT2D eigenvalue weighted by Gasteiger charge is 2.37. The molecule has 0 saturated heterocycles. The lowest BCUT2D eigenvalue weighted by Gasteiger charge is -2.36. The SMILES string of the molecule is COc1ccc2cc(-c3cccc4c3C=CC(c3ccccc3)(c3ccccc3)O4)ccc2c1. The van der Waals surface area contributed by atoms with Crippen LogP contribution in [0.15, 0.2) is 121 Å². The van der Waals surface area contributed by atoms with Crippen LogP contribution in [0.3, 0.4) is 0 Å². The predicted octanol–water partition coefficient (Wildman–Crippen LogP) is 7.86. The van der Waals surface area contributed by atoms with E-state index in [4.69, 9.17) is 9.47 Å². The lowest BCUT2D eigenvalue weighted by Crippen LogP contribution is -2.34. The van der Waals surface area contributed by atoms with Crippen LogP contribution in [0.25, 0.3) is 28.0 Å². The fourth-order valence-electron chi connectivity index (χ4n) is 4.83. The number of rotatable bonds is 4. The molecule has 0 atom stereocenters. The van der Waals surface area contributed by atoms with E-state index in [1.807, 2.05) is 18.2 Å². The molecule has 0 saturated carbocycles. The Morgan fingerprint density at radius 2 is 1.32 bits per heavy atom. The minimum Gasteiger partial charge on any atom is -0.497 e. The number of benzene rings is 5. The van der Waals surface area contributed by atoms with Gasteiger partial charge in [-0.2, -0.15) is 0 Å². The normalized spacial score (nSPS) is 13.8. The van der Waals surface area contributed by atoms with Crippen LogP contribution in [-0.4, -0.2) is 7.11 Å². The molecule has 0 radical (unpaired) electrons. The summed E-state index contributed by atoms with van der Waals surface area (Å²) in [7, 11) is 1.70. The van der Waals surface area contributed by atoms with E-state index >= 15 is 0 Å². The van der Waals surface area contributed by atoms with Crippen LogP contribution in [0.5, 0.6) is 11.5 Å². The van der Waals surface area contributed by atoms with Gasteiger partial charge in [-0.15, -0.1) is 0 Å². The second-order valence-corrected chi connectivity index (χ2v) is 8.55. The van der Waals surface area contributed by atoms with Crippen LogP contribution in [0.1, 0.15) is 16.7 Å².